The highest BCUT2D eigenvalue weighted by Crippen LogP contribution is 2.46. The number of pyridine rings is 1. The summed E-state index contributed by atoms with van der Waals surface area (Å²) < 4.78 is 16.5. The summed E-state index contributed by atoms with van der Waals surface area (Å²) in [5.41, 5.74) is 3.12. The van der Waals surface area contributed by atoms with Crippen molar-refractivity contribution in [3.05, 3.63) is 59.8 Å². The highest BCUT2D eigenvalue weighted by Gasteiger charge is 2.48. The van der Waals surface area contributed by atoms with Crippen LogP contribution >= 0.6 is 0 Å². The van der Waals surface area contributed by atoms with Gasteiger partial charge in [0.15, 0.2) is 0 Å². The van der Waals surface area contributed by atoms with Crippen molar-refractivity contribution in [2.75, 3.05) is 7.05 Å². The summed E-state index contributed by atoms with van der Waals surface area (Å²) >= 11 is 0. The Morgan fingerprint density at radius 1 is 1.05 bits per heavy atom. The standard InChI is InChI=1S/C33H40FN5O2/c1-19(2)37(3)32(40)27-16-22(34)6-11-29(27)38-18-28(26-12-13-35-17-30(26)38)21-14-24-9-10-25(15-21)39(24)33(41)31-20-4-7-23(36-31)8-5-20/h6,11-13,16-21,23-25,31,36H,4-5,7-10,14-15H2,1-3H3/t20?,21?,23?,24?,25?,31-/m0/s1. The molecule has 216 valence electrons. The van der Waals surface area contributed by atoms with Gasteiger partial charge in [-0.05, 0) is 107 Å². The van der Waals surface area contributed by atoms with E-state index in [0.717, 1.165) is 36.6 Å². The molecule has 2 aromatic heterocycles. The Morgan fingerprint density at radius 3 is 2.44 bits per heavy atom. The molecule has 5 fully saturated rings. The number of carbonyl (C=O) groups excluding carboxylic acids is 2. The average Bonchev–Trinajstić information content (AvgIpc) is 3.50. The summed E-state index contributed by atoms with van der Waals surface area (Å²) in [5.74, 6) is 0.476. The van der Waals surface area contributed by atoms with Gasteiger partial charge in [0, 0.05) is 49.0 Å². The van der Waals surface area contributed by atoms with E-state index < -0.39 is 5.82 Å². The molecule has 3 atom stereocenters. The number of halogens is 1. The first-order chi connectivity index (χ1) is 19.8. The molecule has 2 amide bonds. The number of nitrogens with zero attached hydrogens (tertiary/aromatic N) is 4. The Kier molecular flexibility index (Phi) is 6.64. The fourth-order valence-electron chi connectivity index (χ4n) is 8.17. The van der Waals surface area contributed by atoms with Crippen LogP contribution in [0.5, 0.6) is 0 Å². The Labute approximate surface area is 241 Å². The number of benzene rings is 1. The van der Waals surface area contributed by atoms with Gasteiger partial charge in [-0.25, -0.2) is 4.39 Å². The number of hydrogen-bond donors (Lipinski definition) is 1. The molecular weight excluding hydrogens is 517 g/mol. The highest BCUT2D eigenvalue weighted by atomic mass is 19.1. The predicted octanol–water partition coefficient (Wildman–Crippen LogP) is 5.41. The maximum atomic E-state index is 14.4. The van der Waals surface area contributed by atoms with Crippen molar-refractivity contribution in [3.63, 3.8) is 0 Å². The summed E-state index contributed by atoms with van der Waals surface area (Å²) in [6.45, 7) is 3.90. The topological polar surface area (TPSA) is 70.5 Å². The van der Waals surface area contributed by atoms with Crippen LogP contribution in [0.3, 0.4) is 0 Å². The first kappa shape index (κ1) is 26.6. The van der Waals surface area contributed by atoms with Crippen molar-refractivity contribution in [2.45, 2.75) is 101 Å². The van der Waals surface area contributed by atoms with E-state index >= 15 is 0 Å². The van der Waals surface area contributed by atoms with Gasteiger partial charge in [-0.2, -0.15) is 0 Å². The maximum Gasteiger partial charge on any atom is 0.256 e. The minimum Gasteiger partial charge on any atom is -0.339 e. The monoisotopic (exact) mass is 557 g/mol. The molecule has 5 aliphatic rings. The van der Waals surface area contributed by atoms with Crippen LogP contribution in [0.1, 0.15) is 87.1 Å². The molecule has 2 unspecified atom stereocenters. The lowest BCUT2D eigenvalue weighted by Crippen LogP contribution is -2.61. The normalized spacial score (nSPS) is 29.0. The Morgan fingerprint density at radius 2 is 1.78 bits per heavy atom. The van der Waals surface area contributed by atoms with E-state index in [9.17, 15) is 14.0 Å². The van der Waals surface area contributed by atoms with Gasteiger partial charge in [-0.15, -0.1) is 0 Å². The van der Waals surface area contributed by atoms with Crippen LogP contribution in [0.4, 0.5) is 4.39 Å². The van der Waals surface area contributed by atoms with E-state index in [0.29, 0.717) is 35.0 Å². The van der Waals surface area contributed by atoms with Crippen LogP contribution in [0, 0.1) is 11.7 Å². The van der Waals surface area contributed by atoms with Gasteiger partial charge in [0.2, 0.25) is 5.91 Å². The summed E-state index contributed by atoms with van der Waals surface area (Å²) in [4.78, 5) is 35.6. The molecule has 8 heteroatoms. The lowest BCUT2D eigenvalue weighted by Gasteiger charge is -2.47. The third-order valence-electron chi connectivity index (χ3n) is 10.5. The van der Waals surface area contributed by atoms with E-state index in [1.54, 1.807) is 18.0 Å². The molecule has 41 heavy (non-hydrogen) atoms. The molecule has 0 radical (unpaired) electrons. The molecule has 1 aromatic carbocycles. The van der Waals surface area contributed by atoms with Gasteiger partial charge < -0.3 is 19.7 Å². The van der Waals surface area contributed by atoms with E-state index in [1.807, 2.05) is 30.8 Å². The Hall–Kier alpha value is -3.26. The first-order valence-electron chi connectivity index (χ1n) is 15.4. The molecule has 4 aliphatic heterocycles. The molecule has 8 rings (SSSR count). The van der Waals surface area contributed by atoms with Crippen LogP contribution in [0.25, 0.3) is 16.6 Å². The van der Waals surface area contributed by atoms with Gasteiger partial charge in [0.1, 0.15) is 5.82 Å². The zero-order valence-electron chi connectivity index (χ0n) is 24.2. The molecule has 4 bridgehead atoms. The van der Waals surface area contributed by atoms with Gasteiger partial charge in [0.25, 0.3) is 5.91 Å². The number of hydrogen-bond acceptors (Lipinski definition) is 4. The predicted molar refractivity (Wildman–Crippen MR) is 157 cm³/mol. The SMILES string of the molecule is CC(C)N(C)C(=O)c1cc(F)ccc1-n1cc(C2CC3CCC(C2)N3C(=O)[C@H]2NC3CCC2CC3)c2ccncc21. The van der Waals surface area contributed by atoms with Crippen molar-refractivity contribution < 1.29 is 14.0 Å². The molecule has 4 saturated heterocycles. The van der Waals surface area contributed by atoms with Crippen LogP contribution < -0.4 is 5.32 Å². The number of rotatable bonds is 5. The zero-order valence-corrected chi connectivity index (χ0v) is 24.2. The number of nitrogens with one attached hydrogen (secondary N) is 1. The van der Waals surface area contributed by atoms with Crippen molar-refractivity contribution in [3.8, 4) is 5.69 Å². The molecule has 6 heterocycles. The summed E-state index contributed by atoms with van der Waals surface area (Å²) in [6.07, 6.45) is 14.5. The van der Waals surface area contributed by atoms with Crippen molar-refractivity contribution >= 4 is 22.7 Å². The van der Waals surface area contributed by atoms with Gasteiger partial charge in [0.05, 0.1) is 29.0 Å². The van der Waals surface area contributed by atoms with Gasteiger partial charge in [-0.3, -0.25) is 14.6 Å². The van der Waals surface area contributed by atoms with E-state index in [2.05, 4.69) is 27.5 Å². The molecule has 0 spiro atoms. The Balaban J connectivity index is 1.21. The number of carbonyl (C=O) groups is 2. The van der Waals surface area contributed by atoms with E-state index in [4.69, 9.17) is 0 Å². The van der Waals surface area contributed by atoms with Crippen molar-refractivity contribution in [1.82, 2.24) is 24.7 Å². The fraction of sp³-hybridized carbons (Fsp3) is 0.545. The molecule has 1 saturated carbocycles. The van der Waals surface area contributed by atoms with E-state index in [-0.39, 0.29) is 30.1 Å². The number of amides is 2. The lowest BCUT2D eigenvalue weighted by atomic mass is 9.75. The third kappa shape index (κ3) is 4.46. The largest absolute Gasteiger partial charge is 0.339 e. The smallest absolute Gasteiger partial charge is 0.256 e. The second kappa shape index (κ2) is 10.2. The first-order valence-corrected chi connectivity index (χ1v) is 15.4. The van der Waals surface area contributed by atoms with Crippen molar-refractivity contribution in [1.29, 1.82) is 0 Å². The zero-order chi connectivity index (χ0) is 28.4. The summed E-state index contributed by atoms with van der Waals surface area (Å²) in [6, 6.07) is 7.51. The van der Waals surface area contributed by atoms with Crippen LogP contribution in [-0.2, 0) is 4.79 Å². The molecular formula is C33H40FN5O2. The second-order valence-electron chi connectivity index (χ2n) is 13.1. The second-order valence-corrected chi connectivity index (χ2v) is 13.1. The minimum absolute atomic E-state index is 0.00598. The van der Waals surface area contributed by atoms with Crippen LogP contribution in [0.15, 0.2) is 42.9 Å². The number of piperidine rings is 3. The quantitative estimate of drug-likeness (QED) is 0.455. The summed E-state index contributed by atoms with van der Waals surface area (Å²) in [7, 11) is 1.75. The molecule has 1 N–H and O–H groups in total. The van der Waals surface area contributed by atoms with Gasteiger partial charge in [-0.1, -0.05) is 0 Å². The fourth-order valence-corrected chi connectivity index (χ4v) is 8.17. The average molecular weight is 558 g/mol. The summed E-state index contributed by atoms with van der Waals surface area (Å²) in [5, 5.41) is 4.79. The molecule has 7 nitrogen and oxygen atoms in total. The molecule has 3 aromatic rings. The van der Waals surface area contributed by atoms with E-state index in [1.165, 1.54) is 43.4 Å². The number of aromatic nitrogens is 2. The molecule has 1 aliphatic carbocycles. The number of fused-ring (bicyclic) bond motifs is 6. The Bertz CT molecular complexity index is 1480. The highest BCUT2D eigenvalue weighted by molar-refractivity contribution is 5.99. The lowest BCUT2D eigenvalue weighted by molar-refractivity contribution is -0.141. The van der Waals surface area contributed by atoms with Crippen LogP contribution in [0.2, 0.25) is 0 Å². The van der Waals surface area contributed by atoms with Gasteiger partial charge >= 0.3 is 0 Å². The van der Waals surface area contributed by atoms with Crippen molar-refractivity contribution in [2.24, 2.45) is 5.92 Å². The maximum absolute atomic E-state index is 14.4. The third-order valence-corrected chi connectivity index (χ3v) is 10.5. The minimum atomic E-state index is -0.432. The van der Waals surface area contributed by atoms with Crippen LogP contribution in [-0.4, -0.2) is 68.4 Å².